The number of rotatable bonds is 4. The van der Waals surface area contributed by atoms with Gasteiger partial charge in [-0.05, 0) is 25.0 Å². The van der Waals surface area contributed by atoms with Crippen LogP contribution in [-0.4, -0.2) is 11.6 Å². The van der Waals surface area contributed by atoms with Crippen molar-refractivity contribution in [2.24, 2.45) is 0 Å². The molecule has 2 amide bonds. The van der Waals surface area contributed by atoms with Crippen LogP contribution in [0.1, 0.15) is 26.7 Å². The summed E-state index contributed by atoms with van der Waals surface area (Å²) in [6.45, 7) is 3.93. The third-order valence-corrected chi connectivity index (χ3v) is 2.87. The monoisotopic (exact) mass is 230 g/mol. The second kappa shape index (κ2) is 5.95. The van der Waals surface area contributed by atoms with Gasteiger partial charge in [0.25, 0.3) is 0 Å². The van der Waals surface area contributed by atoms with Gasteiger partial charge in [0.15, 0.2) is 0 Å². The van der Waals surface area contributed by atoms with Gasteiger partial charge < -0.3 is 10.6 Å². The predicted molar refractivity (Wildman–Crippen MR) is 70.7 cm³/mol. The number of para-hydroxylation sites is 1. The van der Waals surface area contributed by atoms with Crippen LogP contribution in [0.15, 0.2) is 30.3 Å². The molecule has 0 bridgehead atoms. The fourth-order valence-electron chi connectivity index (χ4n) is 1.57. The first kappa shape index (κ1) is 13.1. The Bertz CT molecular complexity index is 402. The van der Waals surface area contributed by atoms with E-state index >= 15 is 0 Å². The molecule has 0 aromatic heterocycles. The minimum absolute atomic E-state index is 0.266. The van der Waals surface area contributed by atoms with Crippen LogP contribution >= 0.6 is 0 Å². The van der Waals surface area contributed by atoms with Gasteiger partial charge in [-0.3, -0.25) is 0 Å². The van der Waals surface area contributed by atoms with Gasteiger partial charge in [0.2, 0.25) is 0 Å². The zero-order valence-electron chi connectivity index (χ0n) is 10.3. The maximum atomic E-state index is 11.8. The van der Waals surface area contributed by atoms with E-state index in [0.717, 1.165) is 5.69 Å². The van der Waals surface area contributed by atoms with Crippen LogP contribution < -0.4 is 10.6 Å². The van der Waals surface area contributed by atoms with Gasteiger partial charge in [-0.25, -0.2) is 4.79 Å². The van der Waals surface area contributed by atoms with Crippen LogP contribution in [0.25, 0.3) is 0 Å². The Morgan fingerprint density at radius 3 is 2.35 bits per heavy atom. The van der Waals surface area contributed by atoms with Gasteiger partial charge in [0.05, 0.1) is 0 Å². The molecule has 0 atom stereocenters. The average molecular weight is 230 g/mol. The zero-order chi connectivity index (χ0) is 12.7. The number of hydrogen-bond donors (Lipinski definition) is 2. The predicted octanol–water partition coefficient (Wildman–Crippen LogP) is 3.00. The van der Waals surface area contributed by atoms with Crippen molar-refractivity contribution in [3.05, 3.63) is 30.3 Å². The van der Waals surface area contributed by atoms with Crippen LogP contribution in [0.4, 0.5) is 10.5 Å². The fraction of sp³-hybridized carbons (Fsp3) is 0.357. The van der Waals surface area contributed by atoms with Crippen LogP contribution in [0.2, 0.25) is 0 Å². The number of urea groups is 1. The summed E-state index contributed by atoms with van der Waals surface area (Å²) in [5.74, 6) is 2.66. The highest BCUT2D eigenvalue weighted by molar-refractivity contribution is 5.90. The van der Waals surface area contributed by atoms with Gasteiger partial charge in [-0.1, -0.05) is 38.0 Å². The van der Waals surface area contributed by atoms with E-state index in [0.29, 0.717) is 12.8 Å². The molecule has 0 aliphatic heterocycles. The lowest BCUT2D eigenvalue weighted by molar-refractivity contribution is 0.242. The second-order valence-electron chi connectivity index (χ2n) is 3.88. The molecule has 3 heteroatoms. The van der Waals surface area contributed by atoms with Gasteiger partial charge in [0, 0.05) is 5.69 Å². The number of carbonyl (C=O) groups is 1. The lowest BCUT2D eigenvalue weighted by Gasteiger charge is -2.27. The average Bonchev–Trinajstić information content (AvgIpc) is 2.37. The molecule has 0 radical (unpaired) electrons. The highest BCUT2D eigenvalue weighted by Gasteiger charge is 2.25. The number of terminal acetylenes is 1. The second-order valence-corrected chi connectivity index (χ2v) is 3.88. The number of anilines is 1. The zero-order valence-corrected chi connectivity index (χ0v) is 10.3. The van der Waals surface area contributed by atoms with Crippen LogP contribution in [-0.2, 0) is 0 Å². The van der Waals surface area contributed by atoms with E-state index in [1.807, 2.05) is 44.2 Å². The molecule has 0 saturated carbocycles. The van der Waals surface area contributed by atoms with Crippen molar-refractivity contribution in [3.8, 4) is 12.3 Å². The number of carbonyl (C=O) groups excluding carboxylic acids is 1. The smallest absolute Gasteiger partial charge is 0.320 e. The number of hydrogen-bond acceptors (Lipinski definition) is 1. The Morgan fingerprint density at radius 2 is 1.88 bits per heavy atom. The lowest BCUT2D eigenvalue weighted by atomic mass is 9.94. The summed E-state index contributed by atoms with van der Waals surface area (Å²) in [6.07, 6.45) is 6.90. The van der Waals surface area contributed by atoms with E-state index in [1.165, 1.54) is 0 Å². The number of amides is 2. The molecular formula is C14H18N2O. The van der Waals surface area contributed by atoms with Gasteiger partial charge in [0.1, 0.15) is 5.54 Å². The van der Waals surface area contributed by atoms with E-state index in [-0.39, 0.29) is 6.03 Å². The van der Waals surface area contributed by atoms with E-state index in [4.69, 9.17) is 6.42 Å². The van der Waals surface area contributed by atoms with E-state index in [1.54, 1.807) is 0 Å². The molecule has 0 saturated heterocycles. The largest absolute Gasteiger partial charge is 0.322 e. The van der Waals surface area contributed by atoms with Crippen molar-refractivity contribution in [2.45, 2.75) is 32.2 Å². The maximum absolute atomic E-state index is 11.8. The summed E-state index contributed by atoms with van der Waals surface area (Å²) in [4.78, 5) is 11.8. The Labute approximate surface area is 103 Å². The van der Waals surface area contributed by atoms with Crippen molar-refractivity contribution in [2.75, 3.05) is 5.32 Å². The summed E-state index contributed by atoms with van der Waals surface area (Å²) < 4.78 is 0. The Kier molecular flexibility index (Phi) is 4.59. The van der Waals surface area contributed by atoms with Gasteiger partial charge in [-0.15, -0.1) is 6.42 Å². The third kappa shape index (κ3) is 3.53. The molecule has 90 valence electrons. The summed E-state index contributed by atoms with van der Waals surface area (Å²) in [6, 6.07) is 9.02. The number of nitrogens with one attached hydrogen (secondary N) is 2. The molecule has 2 N–H and O–H groups in total. The number of benzene rings is 1. The molecule has 1 aromatic rings. The van der Waals surface area contributed by atoms with Crippen molar-refractivity contribution in [1.29, 1.82) is 0 Å². The molecule has 0 unspecified atom stereocenters. The highest BCUT2D eigenvalue weighted by atomic mass is 16.2. The van der Waals surface area contributed by atoms with E-state index in [2.05, 4.69) is 16.6 Å². The van der Waals surface area contributed by atoms with Crippen molar-refractivity contribution in [1.82, 2.24) is 5.32 Å². The normalized spacial score (nSPS) is 10.4. The topological polar surface area (TPSA) is 41.1 Å². The van der Waals surface area contributed by atoms with Crippen LogP contribution in [0.3, 0.4) is 0 Å². The summed E-state index contributed by atoms with van der Waals surface area (Å²) in [5.41, 5.74) is 0.196. The minimum atomic E-state index is -0.557. The standard InChI is InChI=1S/C14H18N2O/c1-4-14(5-2,6-3)16-13(17)15-12-10-8-7-9-11-12/h1,7-11H,5-6H2,2-3H3,(H2,15,16,17). The molecule has 3 nitrogen and oxygen atoms in total. The van der Waals surface area contributed by atoms with E-state index in [9.17, 15) is 4.79 Å². The molecule has 0 aliphatic rings. The van der Waals surface area contributed by atoms with Crippen molar-refractivity contribution in [3.63, 3.8) is 0 Å². The van der Waals surface area contributed by atoms with Crippen molar-refractivity contribution < 1.29 is 4.79 Å². The molecule has 0 fully saturated rings. The molecule has 17 heavy (non-hydrogen) atoms. The van der Waals surface area contributed by atoms with Crippen molar-refractivity contribution >= 4 is 11.7 Å². The first-order valence-corrected chi connectivity index (χ1v) is 5.77. The maximum Gasteiger partial charge on any atom is 0.320 e. The minimum Gasteiger partial charge on any atom is -0.322 e. The van der Waals surface area contributed by atoms with Gasteiger partial charge >= 0.3 is 6.03 Å². The van der Waals surface area contributed by atoms with Crippen LogP contribution in [0.5, 0.6) is 0 Å². The molecule has 0 spiro atoms. The molecule has 0 aliphatic carbocycles. The molecule has 1 rings (SSSR count). The fourth-order valence-corrected chi connectivity index (χ4v) is 1.57. The third-order valence-electron chi connectivity index (χ3n) is 2.87. The lowest BCUT2D eigenvalue weighted by Crippen LogP contribution is -2.48. The van der Waals surface area contributed by atoms with Crippen LogP contribution in [0, 0.1) is 12.3 Å². The summed E-state index contributed by atoms with van der Waals surface area (Å²) in [5, 5.41) is 5.60. The molecule has 1 aromatic carbocycles. The highest BCUT2D eigenvalue weighted by Crippen LogP contribution is 2.14. The SMILES string of the molecule is C#CC(CC)(CC)NC(=O)Nc1ccccc1. The first-order valence-electron chi connectivity index (χ1n) is 5.77. The Balaban J connectivity index is 2.64. The Morgan fingerprint density at radius 1 is 1.29 bits per heavy atom. The quantitative estimate of drug-likeness (QED) is 0.767. The summed E-state index contributed by atoms with van der Waals surface area (Å²) in [7, 11) is 0. The molecule has 0 heterocycles. The van der Waals surface area contributed by atoms with Gasteiger partial charge in [-0.2, -0.15) is 0 Å². The Hall–Kier alpha value is -1.95. The molecular weight excluding hydrogens is 212 g/mol. The summed E-state index contributed by atoms with van der Waals surface area (Å²) >= 11 is 0. The van der Waals surface area contributed by atoms with E-state index < -0.39 is 5.54 Å². The first-order chi connectivity index (χ1) is 8.15.